The van der Waals surface area contributed by atoms with Gasteiger partial charge < -0.3 is 19.7 Å². The topological polar surface area (TPSA) is 91.7 Å². The maximum atomic E-state index is 15.2. The van der Waals surface area contributed by atoms with Crippen molar-refractivity contribution >= 4 is 23.2 Å². The Bertz CT molecular complexity index is 1140. The van der Waals surface area contributed by atoms with E-state index in [0.717, 1.165) is 5.56 Å². The molecule has 0 atom stereocenters. The molecule has 0 saturated heterocycles. The van der Waals surface area contributed by atoms with Crippen molar-refractivity contribution in [2.24, 2.45) is 0 Å². The van der Waals surface area contributed by atoms with Crippen LogP contribution in [0.2, 0.25) is 0 Å². The Balaban J connectivity index is 1.59. The molecule has 168 valence electrons. The van der Waals surface area contributed by atoms with Gasteiger partial charge in [0.15, 0.2) is 23.1 Å². The number of carbonyl (C=O) groups is 2. The Morgan fingerprint density at radius 2 is 1.94 bits per heavy atom. The van der Waals surface area contributed by atoms with Crippen molar-refractivity contribution in [2.75, 3.05) is 25.1 Å². The van der Waals surface area contributed by atoms with Crippen molar-refractivity contribution < 1.29 is 23.5 Å². The fourth-order valence-electron chi connectivity index (χ4n) is 4.17. The predicted molar refractivity (Wildman–Crippen MR) is 118 cm³/mol. The number of anilines is 1. The van der Waals surface area contributed by atoms with E-state index in [1.807, 2.05) is 13.8 Å². The minimum Gasteiger partial charge on any atom is -0.490 e. The molecular weight excluding hydrogens is 413 g/mol. The molecule has 0 aromatic heterocycles. The molecule has 2 aliphatic rings. The van der Waals surface area contributed by atoms with Gasteiger partial charge in [-0.15, -0.1) is 0 Å². The van der Waals surface area contributed by atoms with Crippen molar-refractivity contribution in [1.29, 1.82) is 5.41 Å². The third-order valence-corrected chi connectivity index (χ3v) is 5.94. The lowest BCUT2D eigenvalue weighted by Gasteiger charge is -2.18. The lowest BCUT2D eigenvalue weighted by molar-refractivity contribution is -0.119. The molecule has 0 saturated carbocycles. The third kappa shape index (κ3) is 3.39. The zero-order valence-electron chi connectivity index (χ0n) is 18.6. The molecule has 4 rings (SSSR count). The summed E-state index contributed by atoms with van der Waals surface area (Å²) in [5, 5.41) is 11.3. The van der Waals surface area contributed by atoms with Crippen molar-refractivity contribution in [3.8, 4) is 11.5 Å². The van der Waals surface area contributed by atoms with Crippen LogP contribution in [-0.4, -0.2) is 42.2 Å². The molecule has 0 fully saturated rings. The molecule has 2 N–H and O–H groups in total. The normalized spacial score (nSPS) is 16.0. The van der Waals surface area contributed by atoms with Crippen LogP contribution in [0.3, 0.4) is 0 Å². The molecular formula is C24H26FN3O4. The molecule has 2 aromatic carbocycles. The first-order valence-electron chi connectivity index (χ1n) is 10.6. The highest BCUT2D eigenvalue weighted by Gasteiger charge is 2.39. The highest BCUT2D eigenvalue weighted by atomic mass is 19.1. The van der Waals surface area contributed by atoms with Gasteiger partial charge in [0.25, 0.3) is 0 Å². The Morgan fingerprint density at radius 1 is 1.22 bits per heavy atom. The maximum Gasteiger partial charge on any atom is 0.234 e. The summed E-state index contributed by atoms with van der Waals surface area (Å²) in [6, 6.07) is 6.79. The van der Waals surface area contributed by atoms with E-state index in [-0.39, 0.29) is 48.5 Å². The van der Waals surface area contributed by atoms with Crippen LogP contribution in [0.4, 0.5) is 10.1 Å². The summed E-state index contributed by atoms with van der Waals surface area (Å²) in [6.45, 7) is 7.92. The smallest absolute Gasteiger partial charge is 0.234 e. The number of amidine groups is 1. The number of nitrogens with one attached hydrogen (secondary N) is 2. The first kappa shape index (κ1) is 21.8. The van der Waals surface area contributed by atoms with Crippen molar-refractivity contribution in [3.63, 3.8) is 0 Å². The molecule has 1 amide bonds. The van der Waals surface area contributed by atoms with Crippen molar-refractivity contribution in [3.05, 3.63) is 52.3 Å². The lowest BCUT2D eigenvalue weighted by Crippen LogP contribution is -2.31. The van der Waals surface area contributed by atoms with Crippen LogP contribution in [0.15, 0.2) is 24.3 Å². The van der Waals surface area contributed by atoms with E-state index in [4.69, 9.17) is 14.9 Å². The lowest BCUT2D eigenvalue weighted by atomic mass is 9.85. The number of amides is 1. The summed E-state index contributed by atoms with van der Waals surface area (Å²) in [5.41, 5.74) is 1.90. The van der Waals surface area contributed by atoms with Crippen LogP contribution in [0, 0.1) is 11.2 Å². The highest BCUT2D eigenvalue weighted by Crippen LogP contribution is 2.40. The van der Waals surface area contributed by atoms with Gasteiger partial charge in [0.2, 0.25) is 5.91 Å². The molecule has 0 bridgehead atoms. The highest BCUT2D eigenvalue weighted by molar-refractivity contribution is 6.08. The third-order valence-electron chi connectivity index (χ3n) is 5.94. The second kappa shape index (κ2) is 7.93. The average Bonchev–Trinajstić information content (AvgIpc) is 3.17. The van der Waals surface area contributed by atoms with E-state index in [1.54, 1.807) is 38.1 Å². The van der Waals surface area contributed by atoms with Crippen LogP contribution < -0.4 is 14.8 Å². The monoisotopic (exact) mass is 439 g/mol. The Labute approximate surface area is 186 Å². The van der Waals surface area contributed by atoms with Crippen LogP contribution in [0.5, 0.6) is 11.5 Å². The van der Waals surface area contributed by atoms with Gasteiger partial charge in [-0.2, -0.15) is 0 Å². The Morgan fingerprint density at radius 3 is 2.62 bits per heavy atom. The van der Waals surface area contributed by atoms with Crippen LogP contribution >= 0.6 is 0 Å². The van der Waals surface area contributed by atoms with Crippen molar-refractivity contribution in [1.82, 2.24) is 4.90 Å². The predicted octanol–water partition coefficient (Wildman–Crippen LogP) is 3.88. The molecule has 2 heterocycles. The molecule has 0 spiro atoms. The van der Waals surface area contributed by atoms with Crippen LogP contribution in [-0.2, 0) is 16.8 Å². The number of rotatable bonds is 7. The summed E-state index contributed by atoms with van der Waals surface area (Å²) in [4.78, 5) is 26.7. The number of hydrogen-bond acceptors (Lipinski definition) is 5. The quantitative estimate of drug-likeness (QED) is 0.639. The van der Waals surface area contributed by atoms with Crippen molar-refractivity contribution in [2.45, 2.75) is 39.7 Å². The summed E-state index contributed by atoms with van der Waals surface area (Å²) in [5.74, 6) is -0.742. The van der Waals surface area contributed by atoms with Gasteiger partial charge in [-0.25, -0.2) is 4.39 Å². The van der Waals surface area contributed by atoms with Gasteiger partial charge in [-0.3, -0.25) is 15.0 Å². The number of fused-ring (bicyclic) bond motifs is 2. The van der Waals surface area contributed by atoms with Gasteiger partial charge in [-0.05, 0) is 63.1 Å². The molecule has 0 radical (unpaired) electrons. The summed E-state index contributed by atoms with van der Waals surface area (Å²) < 4.78 is 26.2. The number of ether oxygens (including phenoxy) is 2. The van der Waals surface area contributed by atoms with E-state index < -0.39 is 11.2 Å². The number of ketones is 1. The number of benzene rings is 2. The SMILES string of the molecule is CCOc1cc2c(c(F)c1OCC)C(=N)N(CC(=O)c1ccc3c(c1)C(C)(C)C(=O)N3)C2. The van der Waals surface area contributed by atoms with Gasteiger partial charge in [-0.1, -0.05) is 0 Å². The number of carbonyl (C=O) groups excluding carboxylic acids is 2. The van der Waals surface area contributed by atoms with Crippen LogP contribution in [0.1, 0.15) is 54.7 Å². The first-order valence-corrected chi connectivity index (χ1v) is 10.6. The second-order valence-electron chi connectivity index (χ2n) is 8.39. The van der Waals surface area contributed by atoms with Gasteiger partial charge in [0, 0.05) is 17.8 Å². The van der Waals surface area contributed by atoms with E-state index >= 15 is 4.39 Å². The summed E-state index contributed by atoms with van der Waals surface area (Å²) >= 11 is 0. The summed E-state index contributed by atoms with van der Waals surface area (Å²) in [7, 11) is 0. The van der Waals surface area contributed by atoms with Gasteiger partial charge in [0.1, 0.15) is 5.84 Å². The fraction of sp³-hybridized carbons (Fsp3) is 0.375. The van der Waals surface area contributed by atoms with Gasteiger partial charge >= 0.3 is 0 Å². The molecule has 32 heavy (non-hydrogen) atoms. The first-order chi connectivity index (χ1) is 15.2. The number of hydrogen-bond donors (Lipinski definition) is 2. The zero-order valence-corrected chi connectivity index (χ0v) is 18.6. The van der Waals surface area contributed by atoms with Crippen LogP contribution in [0.25, 0.3) is 0 Å². The Kier molecular flexibility index (Phi) is 5.40. The number of Topliss-reactive ketones (excluding diaryl/α,β-unsaturated/α-hetero) is 1. The molecule has 2 aliphatic heterocycles. The van der Waals surface area contributed by atoms with Gasteiger partial charge in [0.05, 0.1) is 30.7 Å². The molecule has 0 unspecified atom stereocenters. The Hall–Kier alpha value is -3.42. The molecule has 2 aromatic rings. The standard InChI is InChI=1S/C24H26FN3O4/c1-5-31-18-10-14-11-28(22(26)19(14)20(25)21(18)32-6-2)12-17(29)13-7-8-16-15(9-13)24(3,4)23(30)27-16/h7-10,26H,5-6,11-12H2,1-4H3,(H,27,30). The van der Waals surface area contributed by atoms with E-state index in [9.17, 15) is 9.59 Å². The molecule has 8 heteroatoms. The number of nitrogens with zero attached hydrogens (tertiary/aromatic N) is 1. The van der Waals surface area contributed by atoms with E-state index in [1.165, 1.54) is 4.90 Å². The zero-order chi connectivity index (χ0) is 23.2. The number of halogens is 1. The minimum absolute atomic E-state index is 0.0101. The molecule has 7 nitrogen and oxygen atoms in total. The summed E-state index contributed by atoms with van der Waals surface area (Å²) in [6.07, 6.45) is 0. The second-order valence-corrected chi connectivity index (χ2v) is 8.39. The molecule has 0 aliphatic carbocycles. The van der Waals surface area contributed by atoms with E-state index in [0.29, 0.717) is 29.2 Å². The average molecular weight is 439 g/mol. The fourth-order valence-corrected chi connectivity index (χ4v) is 4.17. The van der Waals surface area contributed by atoms with E-state index in [2.05, 4.69) is 5.32 Å². The maximum absolute atomic E-state index is 15.2. The largest absolute Gasteiger partial charge is 0.490 e. The minimum atomic E-state index is -0.725.